The highest BCUT2D eigenvalue weighted by Crippen LogP contribution is 2.14. The Bertz CT molecular complexity index is 664. The van der Waals surface area contributed by atoms with Gasteiger partial charge in [0.05, 0.1) is 17.2 Å². The van der Waals surface area contributed by atoms with Crippen molar-refractivity contribution < 1.29 is 9.53 Å². The molecule has 0 radical (unpaired) electrons. The van der Waals surface area contributed by atoms with Crippen LogP contribution >= 0.6 is 0 Å². The van der Waals surface area contributed by atoms with Crippen molar-refractivity contribution in [3.8, 4) is 11.8 Å². The van der Waals surface area contributed by atoms with Gasteiger partial charge in [-0.15, -0.1) is 6.58 Å². The summed E-state index contributed by atoms with van der Waals surface area (Å²) in [6.45, 7) is 3.69. The number of aryl methyl sites for hydroxylation is 1. The second-order valence-corrected chi connectivity index (χ2v) is 4.55. The molecule has 0 atom stereocenters. The first-order valence-corrected chi connectivity index (χ1v) is 6.65. The second-order valence-electron chi connectivity index (χ2n) is 4.55. The number of carbonyl (C=O) groups is 1. The van der Waals surface area contributed by atoms with Crippen molar-refractivity contribution in [1.82, 2.24) is 0 Å². The molecule has 0 saturated heterocycles. The van der Waals surface area contributed by atoms with E-state index in [1.807, 2.05) is 24.3 Å². The molecule has 0 fully saturated rings. The summed E-state index contributed by atoms with van der Waals surface area (Å²) in [5.41, 5.74) is 2.19. The molecule has 0 N–H and O–H groups in total. The number of benzene rings is 2. The molecule has 0 aliphatic heterocycles. The van der Waals surface area contributed by atoms with Gasteiger partial charge in [0.15, 0.2) is 0 Å². The van der Waals surface area contributed by atoms with E-state index in [2.05, 4.69) is 6.58 Å². The van der Waals surface area contributed by atoms with Crippen LogP contribution in [0.25, 0.3) is 0 Å². The Morgan fingerprint density at radius 2 is 1.81 bits per heavy atom. The second kappa shape index (κ2) is 7.06. The van der Waals surface area contributed by atoms with Crippen molar-refractivity contribution in [2.45, 2.75) is 12.8 Å². The van der Waals surface area contributed by atoms with Gasteiger partial charge >= 0.3 is 5.97 Å². The zero-order valence-corrected chi connectivity index (χ0v) is 11.6. The lowest BCUT2D eigenvalue weighted by Gasteiger charge is -2.05. The lowest BCUT2D eigenvalue weighted by atomic mass is 10.1. The first-order chi connectivity index (χ1) is 10.2. The normalized spacial score (nSPS) is 9.67. The van der Waals surface area contributed by atoms with E-state index in [0.29, 0.717) is 16.9 Å². The molecule has 21 heavy (non-hydrogen) atoms. The zero-order chi connectivity index (χ0) is 15.1. The van der Waals surface area contributed by atoms with Gasteiger partial charge in [-0.05, 0) is 54.8 Å². The molecule has 3 nitrogen and oxygen atoms in total. The maximum absolute atomic E-state index is 12.0. The third-order valence-electron chi connectivity index (χ3n) is 3.02. The van der Waals surface area contributed by atoms with Crippen LogP contribution in [0.3, 0.4) is 0 Å². The fourth-order valence-corrected chi connectivity index (χ4v) is 1.84. The van der Waals surface area contributed by atoms with Gasteiger partial charge in [0.2, 0.25) is 0 Å². The van der Waals surface area contributed by atoms with Gasteiger partial charge in [0.25, 0.3) is 0 Å². The van der Waals surface area contributed by atoms with Crippen molar-refractivity contribution in [3.63, 3.8) is 0 Å². The largest absolute Gasteiger partial charge is 0.423 e. The van der Waals surface area contributed by atoms with E-state index < -0.39 is 5.97 Å². The van der Waals surface area contributed by atoms with E-state index in [1.165, 1.54) is 0 Å². The molecule has 2 aromatic rings. The monoisotopic (exact) mass is 277 g/mol. The number of rotatable bonds is 5. The minimum absolute atomic E-state index is 0.407. The Balaban J connectivity index is 2.02. The van der Waals surface area contributed by atoms with Crippen LogP contribution < -0.4 is 4.74 Å². The number of ether oxygens (including phenoxy) is 1. The molecular weight excluding hydrogens is 262 g/mol. The summed E-state index contributed by atoms with van der Waals surface area (Å²) in [4.78, 5) is 12.0. The number of hydrogen-bond donors (Lipinski definition) is 0. The summed E-state index contributed by atoms with van der Waals surface area (Å²) >= 11 is 0. The van der Waals surface area contributed by atoms with Gasteiger partial charge in [-0.1, -0.05) is 18.2 Å². The summed E-state index contributed by atoms with van der Waals surface area (Å²) in [5.74, 6) is 0.0183. The molecule has 0 aliphatic rings. The molecule has 0 aromatic heterocycles. The van der Waals surface area contributed by atoms with Crippen molar-refractivity contribution >= 4 is 5.97 Å². The van der Waals surface area contributed by atoms with Crippen molar-refractivity contribution in [2.24, 2.45) is 0 Å². The Labute approximate surface area is 124 Å². The van der Waals surface area contributed by atoms with E-state index in [0.717, 1.165) is 18.4 Å². The average molecular weight is 277 g/mol. The average Bonchev–Trinajstić information content (AvgIpc) is 2.54. The fourth-order valence-electron chi connectivity index (χ4n) is 1.84. The molecule has 0 amide bonds. The van der Waals surface area contributed by atoms with Gasteiger partial charge in [-0.25, -0.2) is 4.79 Å². The Hall–Kier alpha value is -2.86. The standard InChI is InChI=1S/C18H15NO2/c1-2-3-4-14-5-9-16(10-6-14)18(20)21-17-11-7-15(13-19)8-12-17/h2,5-12H,1,3-4H2. The highest BCUT2D eigenvalue weighted by molar-refractivity contribution is 5.91. The first kappa shape index (κ1) is 14.5. The van der Waals surface area contributed by atoms with Crippen molar-refractivity contribution in [3.05, 3.63) is 77.9 Å². The van der Waals surface area contributed by atoms with Crippen LogP contribution in [0, 0.1) is 11.3 Å². The molecule has 0 unspecified atom stereocenters. The van der Waals surface area contributed by atoms with Gasteiger partial charge in [-0.2, -0.15) is 5.26 Å². The van der Waals surface area contributed by atoms with Crippen molar-refractivity contribution in [1.29, 1.82) is 5.26 Å². The summed E-state index contributed by atoms with van der Waals surface area (Å²) in [5, 5.41) is 8.71. The lowest BCUT2D eigenvalue weighted by Crippen LogP contribution is -2.08. The van der Waals surface area contributed by atoms with Crippen LogP contribution in [0.15, 0.2) is 61.2 Å². The molecule has 0 aliphatic carbocycles. The van der Waals surface area contributed by atoms with Crippen LogP contribution in [0.1, 0.15) is 27.9 Å². The Morgan fingerprint density at radius 1 is 1.14 bits per heavy atom. The molecule has 2 aromatic carbocycles. The molecule has 0 bridgehead atoms. The summed E-state index contributed by atoms with van der Waals surface area (Å²) in [6.07, 6.45) is 3.69. The van der Waals surface area contributed by atoms with Crippen molar-refractivity contribution in [2.75, 3.05) is 0 Å². The molecule has 2 rings (SSSR count). The number of hydrogen-bond acceptors (Lipinski definition) is 3. The lowest BCUT2D eigenvalue weighted by molar-refractivity contribution is 0.0735. The van der Waals surface area contributed by atoms with Crippen LogP contribution in [-0.4, -0.2) is 5.97 Å². The number of nitriles is 1. The summed E-state index contributed by atoms with van der Waals surface area (Å²) < 4.78 is 5.26. The molecule has 0 spiro atoms. The molecule has 3 heteroatoms. The van der Waals surface area contributed by atoms with Gasteiger partial charge < -0.3 is 4.74 Å². The van der Waals surface area contributed by atoms with Crippen LogP contribution in [0.2, 0.25) is 0 Å². The third-order valence-corrected chi connectivity index (χ3v) is 3.02. The number of allylic oxidation sites excluding steroid dienone is 1. The third kappa shape index (κ3) is 4.05. The summed E-state index contributed by atoms with van der Waals surface area (Å²) in [7, 11) is 0. The highest BCUT2D eigenvalue weighted by atomic mass is 16.5. The Kier molecular flexibility index (Phi) is 4.89. The van der Waals surface area contributed by atoms with E-state index >= 15 is 0 Å². The maximum Gasteiger partial charge on any atom is 0.343 e. The minimum atomic E-state index is -0.407. The smallest absolute Gasteiger partial charge is 0.343 e. The maximum atomic E-state index is 12.0. The zero-order valence-electron chi connectivity index (χ0n) is 11.6. The quantitative estimate of drug-likeness (QED) is 0.473. The molecular formula is C18H15NO2. The van der Waals surface area contributed by atoms with E-state index in [-0.39, 0.29) is 0 Å². The number of esters is 1. The molecule has 0 saturated carbocycles. The van der Waals surface area contributed by atoms with E-state index in [9.17, 15) is 4.79 Å². The fraction of sp³-hybridized carbons (Fsp3) is 0.111. The molecule has 104 valence electrons. The summed E-state index contributed by atoms with van der Waals surface area (Å²) in [6, 6.07) is 15.8. The van der Waals surface area contributed by atoms with Gasteiger partial charge in [-0.3, -0.25) is 0 Å². The first-order valence-electron chi connectivity index (χ1n) is 6.65. The van der Waals surface area contributed by atoms with Gasteiger partial charge in [0.1, 0.15) is 5.75 Å². The number of carbonyl (C=O) groups excluding carboxylic acids is 1. The SMILES string of the molecule is C=CCCc1ccc(C(=O)Oc2ccc(C#N)cc2)cc1. The molecule has 0 heterocycles. The Morgan fingerprint density at radius 3 is 2.38 bits per heavy atom. The minimum Gasteiger partial charge on any atom is -0.423 e. The topological polar surface area (TPSA) is 50.1 Å². The van der Waals surface area contributed by atoms with Crippen LogP contribution in [0.5, 0.6) is 5.75 Å². The van der Waals surface area contributed by atoms with Gasteiger partial charge in [0, 0.05) is 0 Å². The van der Waals surface area contributed by atoms with Crippen LogP contribution in [-0.2, 0) is 6.42 Å². The predicted molar refractivity (Wildman–Crippen MR) is 81.1 cm³/mol. The highest BCUT2D eigenvalue weighted by Gasteiger charge is 2.08. The predicted octanol–water partition coefficient (Wildman–Crippen LogP) is 3.90. The number of nitrogens with zero attached hydrogens (tertiary/aromatic N) is 1. The van der Waals surface area contributed by atoms with E-state index in [4.69, 9.17) is 10.00 Å². The van der Waals surface area contributed by atoms with Crippen LogP contribution in [0.4, 0.5) is 0 Å². The van der Waals surface area contributed by atoms with E-state index in [1.54, 1.807) is 36.4 Å².